The molecule has 2 N–H and O–H groups in total. The Morgan fingerprint density at radius 1 is 1.36 bits per heavy atom. The summed E-state index contributed by atoms with van der Waals surface area (Å²) >= 11 is 0. The van der Waals surface area contributed by atoms with Gasteiger partial charge in [-0.05, 0) is 12.1 Å². The first-order valence-corrected chi connectivity index (χ1v) is 4.60. The molecule has 1 heterocycles. The van der Waals surface area contributed by atoms with Gasteiger partial charge in [0.1, 0.15) is 5.82 Å². The van der Waals surface area contributed by atoms with Gasteiger partial charge in [-0.2, -0.15) is 0 Å². The molecule has 76 valence electrons. The number of hydrogen-bond donors (Lipinski definition) is 2. The molecule has 1 aromatic rings. The van der Waals surface area contributed by atoms with Crippen LogP contribution in [0.4, 0.5) is 15.8 Å². The summed E-state index contributed by atoms with van der Waals surface area (Å²) in [5, 5.41) is 6.17. The van der Waals surface area contributed by atoms with Gasteiger partial charge in [-0.3, -0.25) is 0 Å². The molecule has 1 unspecified atom stereocenters. The van der Waals surface area contributed by atoms with Gasteiger partial charge in [-0.25, -0.2) is 4.39 Å². The molecule has 1 atom stereocenters. The standard InChI is InChI=1S/C10H13FN2O/c1-14-7-5-12-9-4-2-3-8(11)10(9)13-6-7/h2-4,7,12-13H,5-6H2,1H3. The van der Waals surface area contributed by atoms with Gasteiger partial charge in [0, 0.05) is 20.2 Å². The summed E-state index contributed by atoms with van der Waals surface area (Å²) in [5.41, 5.74) is 1.33. The van der Waals surface area contributed by atoms with Gasteiger partial charge in [0.25, 0.3) is 0 Å². The van der Waals surface area contributed by atoms with Gasteiger partial charge in [-0.15, -0.1) is 0 Å². The minimum atomic E-state index is -0.230. The number of para-hydroxylation sites is 1. The van der Waals surface area contributed by atoms with E-state index in [0.29, 0.717) is 18.8 Å². The summed E-state index contributed by atoms with van der Waals surface area (Å²) in [6, 6.07) is 4.99. The van der Waals surface area contributed by atoms with Gasteiger partial charge in [0.2, 0.25) is 0 Å². The molecule has 0 saturated heterocycles. The van der Waals surface area contributed by atoms with Crippen molar-refractivity contribution in [1.29, 1.82) is 0 Å². The van der Waals surface area contributed by atoms with Gasteiger partial charge in [-0.1, -0.05) is 6.07 Å². The lowest BCUT2D eigenvalue weighted by molar-refractivity contribution is 0.124. The van der Waals surface area contributed by atoms with Crippen LogP contribution in [-0.4, -0.2) is 26.3 Å². The van der Waals surface area contributed by atoms with Gasteiger partial charge in [0.05, 0.1) is 17.5 Å². The highest BCUT2D eigenvalue weighted by atomic mass is 19.1. The van der Waals surface area contributed by atoms with Crippen molar-refractivity contribution in [2.75, 3.05) is 30.8 Å². The van der Waals surface area contributed by atoms with Crippen LogP contribution in [-0.2, 0) is 4.74 Å². The first-order chi connectivity index (χ1) is 6.81. The summed E-state index contributed by atoms with van der Waals surface area (Å²) in [6.45, 7) is 1.32. The molecule has 0 radical (unpaired) electrons. The molecule has 0 saturated carbocycles. The van der Waals surface area contributed by atoms with E-state index in [9.17, 15) is 4.39 Å². The Morgan fingerprint density at radius 2 is 2.14 bits per heavy atom. The number of fused-ring (bicyclic) bond motifs is 1. The highest BCUT2D eigenvalue weighted by molar-refractivity contribution is 5.70. The lowest BCUT2D eigenvalue weighted by Gasteiger charge is -2.11. The summed E-state index contributed by atoms with van der Waals surface area (Å²) in [6.07, 6.45) is 0.0711. The summed E-state index contributed by atoms with van der Waals surface area (Å²) in [7, 11) is 1.65. The van der Waals surface area contributed by atoms with Crippen LogP contribution in [0, 0.1) is 5.82 Å². The molecule has 1 aromatic carbocycles. The fourth-order valence-electron chi connectivity index (χ4n) is 1.53. The molecule has 0 fully saturated rings. The van der Waals surface area contributed by atoms with Crippen LogP contribution >= 0.6 is 0 Å². The van der Waals surface area contributed by atoms with Crippen molar-refractivity contribution in [2.45, 2.75) is 6.10 Å². The molecular formula is C10H13FN2O. The number of ether oxygens (including phenoxy) is 1. The van der Waals surface area contributed by atoms with E-state index in [2.05, 4.69) is 10.6 Å². The van der Waals surface area contributed by atoms with Crippen molar-refractivity contribution < 1.29 is 9.13 Å². The van der Waals surface area contributed by atoms with E-state index in [4.69, 9.17) is 4.74 Å². The first kappa shape index (κ1) is 9.27. The Morgan fingerprint density at radius 3 is 2.93 bits per heavy atom. The molecule has 3 nitrogen and oxygen atoms in total. The number of anilines is 2. The van der Waals surface area contributed by atoms with Crippen LogP contribution in [0.25, 0.3) is 0 Å². The molecule has 14 heavy (non-hydrogen) atoms. The Balaban J connectivity index is 2.25. The van der Waals surface area contributed by atoms with E-state index in [1.54, 1.807) is 13.2 Å². The second-order valence-corrected chi connectivity index (χ2v) is 3.28. The molecule has 0 spiro atoms. The molecule has 0 aliphatic carbocycles. The largest absolute Gasteiger partial charge is 0.381 e. The highest BCUT2D eigenvalue weighted by Crippen LogP contribution is 2.26. The molecular weight excluding hydrogens is 183 g/mol. The number of nitrogens with one attached hydrogen (secondary N) is 2. The predicted molar refractivity (Wildman–Crippen MR) is 54.2 cm³/mol. The zero-order chi connectivity index (χ0) is 9.97. The lowest BCUT2D eigenvalue weighted by atomic mass is 10.2. The molecule has 0 aromatic heterocycles. The van der Waals surface area contributed by atoms with E-state index in [-0.39, 0.29) is 11.9 Å². The number of hydrogen-bond acceptors (Lipinski definition) is 3. The van der Waals surface area contributed by atoms with E-state index in [0.717, 1.165) is 5.69 Å². The summed E-state index contributed by atoms with van der Waals surface area (Å²) in [4.78, 5) is 0. The second kappa shape index (κ2) is 3.84. The number of benzene rings is 1. The van der Waals surface area contributed by atoms with E-state index in [1.165, 1.54) is 6.07 Å². The smallest absolute Gasteiger partial charge is 0.148 e. The Hall–Kier alpha value is -1.29. The topological polar surface area (TPSA) is 33.3 Å². The van der Waals surface area contributed by atoms with Crippen molar-refractivity contribution in [3.63, 3.8) is 0 Å². The highest BCUT2D eigenvalue weighted by Gasteiger charge is 2.16. The third kappa shape index (κ3) is 1.65. The minimum Gasteiger partial charge on any atom is -0.381 e. The van der Waals surface area contributed by atoms with E-state index < -0.39 is 0 Å². The molecule has 0 amide bonds. The lowest BCUT2D eigenvalue weighted by Crippen LogP contribution is -2.26. The van der Waals surface area contributed by atoms with Crippen LogP contribution in [0.5, 0.6) is 0 Å². The number of rotatable bonds is 1. The van der Waals surface area contributed by atoms with Gasteiger partial charge >= 0.3 is 0 Å². The van der Waals surface area contributed by atoms with Crippen LogP contribution in [0.1, 0.15) is 0 Å². The van der Waals surface area contributed by atoms with Crippen molar-refractivity contribution in [2.24, 2.45) is 0 Å². The average Bonchev–Trinajstić information content (AvgIpc) is 2.41. The van der Waals surface area contributed by atoms with E-state index >= 15 is 0 Å². The van der Waals surface area contributed by atoms with E-state index in [1.807, 2.05) is 6.07 Å². The SMILES string of the molecule is COC1CNc2cccc(F)c2NC1. The Labute approximate surface area is 82.3 Å². The Kier molecular flexibility index (Phi) is 2.54. The third-order valence-corrected chi connectivity index (χ3v) is 2.37. The van der Waals surface area contributed by atoms with Crippen molar-refractivity contribution in [3.8, 4) is 0 Å². The monoisotopic (exact) mass is 196 g/mol. The van der Waals surface area contributed by atoms with Crippen molar-refractivity contribution in [3.05, 3.63) is 24.0 Å². The maximum absolute atomic E-state index is 13.3. The molecule has 1 aliphatic heterocycles. The minimum absolute atomic E-state index is 0.0711. The van der Waals surface area contributed by atoms with Crippen LogP contribution in [0.15, 0.2) is 18.2 Å². The third-order valence-electron chi connectivity index (χ3n) is 2.37. The maximum Gasteiger partial charge on any atom is 0.148 e. The quantitative estimate of drug-likeness (QED) is 0.717. The zero-order valence-corrected chi connectivity index (χ0v) is 8.01. The molecule has 1 aliphatic rings. The summed E-state index contributed by atoms with van der Waals surface area (Å²) < 4.78 is 18.5. The zero-order valence-electron chi connectivity index (χ0n) is 8.01. The predicted octanol–water partition coefficient (Wildman–Crippen LogP) is 1.68. The Bertz CT molecular complexity index is 330. The second-order valence-electron chi connectivity index (χ2n) is 3.28. The fourth-order valence-corrected chi connectivity index (χ4v) is 1.53. The van der Waals surface area contributed by atoms with Crippen molar-refractivity contribution >= 4 is 11.4 Å². The average molecular weight is 196 g/mol. The summed E-state index contributed by atoms with van der Waals surface area (Å²) in [5.74, 6) is -0.230. The molecule has 2 rings (SSSR count). The van der Waals surface area contributed by atoms with Crippen molar-refractivity contribution in [1.82, 2.24) is 0 Å². The van der Waals surface area contributed by atoms with Crippen LogP contribution in [0.2, 0.25) is 0 Å². The van der Waals surface area contributed by atoms with Gasteiger partial charge < -0.3 is 15.4 Å². The van der Waals surface area contributed by atoms with Crippen LogP contribution in [0.3, 0.4) is 0 Å². The maximum atomic E-state index is 13.3. The molecule has 4 heteroatoms. The molecule has 0 bridgehead atoms. The first-order valence-electron chi connectivity index (χ1n) is 4.60. The number of methoxy groups -OCH3 is 1. The number of halogens is 1. The fraction of sp³-hybridized carbons (Fsp3) is 0.400. The van der Waals surface area contributed by atoms with Crippen LogP contribution < -0.4 is 10.6 Å². The van der Waals surface area contributed by atoms with Gasteiger partial charge in [0.15, 0.2) is 0 Å². The normalized spacial score (nSPS) is 20.3.